The molecule has 7 heteroatoms. The number of benzene rings is 1. The van der Waals surface area contributed by atoms with Crippen molar-refractivity contribution in [3.8, 4) is 0 Å². The topological polar surface area (TPSA) is 66.9 Å². The van der Waals surface area contributed by atoms with E-state index in [1.807, 2.05) is 26.0 Å². The van der Waals surface area contributed by atoms with Crippen LogP contribution in [-0.4, -0.2) is 28.4 Å². The summed E-state index contributed by atoms with van der Waals surface area (Å²) in [5, 5.41) is 14.7. The summed E-state index contributed by atoms with van der Waals surface area (Å²) in [6.07, 6.45) is 1.76. The number of hydrogen-bond acceptors (Lipinski definition) is 6. The van der Waals surface area contributed by atoms with Crippen LogP contribution in [0.25, 0.3) is 0 Å². The first-order valence-electron chi connectivity index (χ1n) is 6.76. The molecule has 0 bridgehead atoms. The fraction of sp³-hybridized carbons (Fsp3) is 0.267. The molecule has 0 aliphatic rings. The lowest BCUT2D eigenvalue weighted by Gasteiger charge is -2.06. The molecule has 1 aromatic heterocycles. The maximum atomic E-state index is 12.0. The van der Waals surface area contributed by atoms with Gasteiger partial charge >= 0.3 is 0 Å². The number of rotatable bonds is 7. The average Bonchev–Trinajstić information content (AvgIpc) is 2.89. The molecule has 0 fully saturated rings. The second kappa shape index (κ2) is 7.95. The summed E-state index contributed by atoms with van der Waals surface area (Å²) in [6, 6.07) is 5.99. The Bertz CT molecular complexity index is 649. The standard InChI is InChI=1S/C15H18N4OS2/c1-4-5-16-14-18-19-15(22-14)21-9-13(20)17-12-7-10(2)6-11(3)8-12/h4,6-8H,1,5,9H2,2-3H3,(H,16,18)(H,17,20). The van der Waals surface area contributed by atoms with Crippen LogP contribution in [0, 0.1) is 13.8 Å². The van der Waals surface area contributed by atoms with Crippen LogP contribution in [0.2, 0.25) is 0 Å². The van der Waals surface area contributed by atoms with Crippen molar-refractivity contribution < 1.29 is 4.79 Å². The number of hydrogen-bond donors (Lipinski definition) is 2. The smallest absolute Gasteiger partial charge is 0.234 e. The van der Waals surface area contributed by atoms with Crippen LogP contribution < -0.4 is 10.6 Å². The molecule has 0 spiro atoms. The van der Waals surface area contributed by atoms with Crippen LogP contribution in [0.4, 0.5) is 10.8 Å². The summed E-state index contributed by atoms with van der Waals surface area (Å²) in [5.41, 5.74) is 3.09. The van der Waals surface area contributed by atoms with Crippen molar-refractivity contribution in [2.24, 2.45) is 0 Å². The minimum Gasteiger partial charge on any atom is -0.357 e. The molecule has 2 rings (SSSR count). The molecule has 2 aromatic rings. The maximum absolute atomic E-state index is 12.0. The fourth-order valence-electron chi connectivity index (χ4n) is 1.87. The molecule has 0 aliphatic heterocycles. The Hall–Kier alpha value is -1.86. The lowest BCUT2D eigenvalue weighted by atomic mass is 10.1. The van der Waals surface area contributed by atoms with Gasteiger partial charge in [-0.3, -0.25) is 4.79 Å². The number of nitrogens with one attached hydrogen (secondary N) is 2. The van der Waals surface area contributed by atoms with Gasteiger partial charge < -0.3 is 10.6 Å². The Morgan fingerprint density at radius 3 is 2.73 bits per heavy atom. The minimum atomic E-state index is -0.0502. The Balaban J connectivity index is 1.84. The molecule has 0 saturated heterocycles. The predicted molar refractivity (Wildman–Crippen MR) is 93.9 cm³/mol. The van der Waals surface area contributed by atoms with Gasteiger partial charge in [-0.25, -0.2) is 0 Å². The van der Waals surface area contributed by atoms with Gasteiger partial charge in [-0.15, -0.1) is 16.8 Å². The third-order valence-electron chi connectivity index (χ3n) is 2.64. The third kappa shape index (κ3) is 5.16. The number of aryl methyl sites for hydroxylation is 2. The molecule has 1 heterocycles. The van der Waals surface area contributed by atoms with Gasteiger partial charge in [0.2, 0.25) is 11.0 Å². The Kier molecular flexibility index (Phi) is 5.97. The van der Waals surface area contributed by atoms with E-state index in [0.717, 1.165) is 26.3 Å². The zero-order chi connectivity index (χ0) is 15.9. The van der Waals surface area contributed by atoms with E-state index in [-0.39, 0.29) is 5.91 Å². The van der Waals surface area contributed by atoms with Crippen molar-refractivity contribution in [1.82, 2.24) is 10.2 Å². The Morgan fingerprint density at radius 1 is 1.32 bits per heavy atom. The van der Waals surface area contributed by atoms with Crippen LogP contribution in [0.5, 0.6) is 0 Å². The molecule has 0 atom stereocenters. The van der Waals surface area contributed by atoms with Crippen molar-refractivity contribution >= 4 is 39.8 Å². The monoisotopic (exact) mass is 334 g/mol. The third-order valence-corrected chi connectivity index (χ3v) is 4.65. The second-order valence-electron chi connectivity index (χ2n) is 4.76. The SMILES string of the molecule is C=CCNc1nnc(SCC(=O)Nc2cc(C)cc(C)c2)s1. The highest BCUT2D eigenvalue weighted by Crippen LogP contribution is 2.25. The highest BCUT2D eigenvalue weighted by molar-refractivity contribution is 8.01. The first kappa shape index (κ1) is 16.5. The second-order valence-corrected chi connectivity index (χ2v) is 6.96. The highest BCUT2D eigenvalue weighted by atomic mass is 32.2. The summed E-state index contributed by atoms with van der Waals surface area (Å²) < 4.78 is 0.766. The number of amides is 1. The van der Waals surface area contributed by atoms with E-state index in [1.165, 1.54) is 23.1 Å². The normalized spacial score (nSPS) is 10.3. The van der Waals surface area contributed by atoms with Crippen molar-refractivity contribution in [1.29, 1.82) is 0 Å². The molecule has 22 heavy (non-hydrogen) atoms. The average molecular weight is 334 g/mol. The number of nitrogens with zero attached hydrogens (tertiary/aromatic N) is 2. The molecule has 2 N–H and O–H groups in total. The van der Waals surface area contributed by atoms with Crippen LogP contribution in [0.15, 0.2) is 35.2 Å². The van der Waals surface area contributed by atoms with Gasteiger partial charge in [-0.05, 0) is 37.1 Å². The van der Waals surface area contributed by atoms with Gasteiger partial charge in [0.15, 0.2) is 4.34 Å². The molecule has 5 nitrogen and oxygen atoms in total. The quantitative estimate of drug-likeness (QED) is 0.599. The number of thioether (sulfide) groups is 1. The minimum absolute atomic E-state index is 0.0502. The molecule has 0 unspecified atom stereocenters. The van der Waals surface area contributed by atoms with Gasteiger partial charge in [0.25, 0.3) is 0 Å². The molecular weight excluding hydrogens is 316 g/mol. The number of anilines is 2. The van der Waals surface area contributed by atoms with E-state index in [2.05, 4.69) is 33.5 Å². The van der Waals surface area contributed by atoms with E-state index < -0.39 is 0 Å². The summed E-state index contributed by atoms with van der Waals surface area (Å²) in [6.45, 7) is 8.30. The van der Waals surface area contributed by atoms with Crippen molar-refractivity contribution in [2.45, 2.75) is 18.2 Å². The van der Waals surface area contributed by atoms with Gasteiger partial charge in [0.1, 0.15) is 0 Å². The lowest BCUT2D eigenvalue weighted by Crippen LogP contribution is -2.14. The Labute approximate surface area is 138 Å². The number of carbonyl (C=O) groups excluding carboxylic acids is 1. The van der Waals surface area contributed by atoms with Crippen molar-refractivity contribution in [3.63, 3.8) is 0 Å². The van der Waals surface area contributed by atoms with E-state index in [9.17, 15) is 4.79 Å². The van der Waals surface area contributed by atoms with E-state index in [1.54, 1.807) is 6.08 Å². The molecule has 1 aromatic carbocycles. The van der Waals surface area contributed by atoms with Crippen LogP contribution in [0.1, 0.15) is 11.1 Å². The van der Waals surface area contributed by atoms with Crippen LogP contribution in [-0.2, 0) is 4.79 Å². The lowest BCUT2D eigenvalue weighted by molar-refractivity contribution is -0.113. The molecule has 0 aliphatic carbocycles. The van der Waals surface area contributed by atoms with Gasteiger partial charge in [-0.2, -0.15) is 0 Å². The molecule has 1 amide bonds. The fourth-order valence-corrected chi connectivity index (χ4v) is 3.43. The van der Waals surface area contributed by atoms with E-state index >= 15 is 0 Å². The van der Waals surface area contributed by atoms with Gasteiger partial charge in [0, 0.05) is 12.2 Å². The number of carbonyl (C=O) groups is 1. The first-order chi connectivity index (χ1) is 10.6. The van der Waals surface area contributed by atoms with E-state index in [4.69, 9.17) is 0 Å². The molecule has 0 saturated carbocycles. The largest absolute Gasteiger partial charge is 0.357 e. The maximum Gasteiger partial charge on any atom is 0.234 e. The zero-order valence-electron chi connectivity index (χ0n) is 12.5. The molecular formula is C15H18N4OS2. The highest BCUT2D eigenvalue weighted by Gasteiger charge is 2.08. The molecule has 116 valence electrons. The van der Waals surface area contributed by atoms with Crippen molar-refractivity contribution in [3.05, 3.63) is 42.0 Å². The van der Waals surface area contributed by atoms with Crippen LogP contribution in [0.3, 0.4) is 0 Å². The Morgan fingerprint density at radius 2 is 2.05 bits per heavy atom. The van der Waals surface area contributed by atoms with Crippen molar-refractivity contribution in [2.75, 3.05) is 22.9 Å². The summed E-state index contributed by atoms with van der Waals surface area (Å²) in [4.78, 5) is 12.0. The van der Waals surface area contributed by atoms with Crippen LogP contribution >= 0.6 is 23.1 Å². The first-order valence-corrected chi connectivity index (χ1v) is 8.56. The predicted octanol–water partition coefficient (Wildman–Crippen LogP) is 3.48. The number of aromatic nitrogens is 2. The molecule has 0 radical (unpaired) electrons. The summed E-state index contributed by atoms with van der Waals surface area (Å²) in [7, 11) is 0. The summed E-state index contributed by atoms with van der Waals surface area (Å²) in [5.74, 6) is 0.258. The van der Waals surface area contributed by atoms with E-state index in [0.29, 0.717) is 12.3 Å². The van der Waals surface area contributed by atoms with Gasteiger partial charge in [-0.1, -0.05) is 35.2 Å². The zero-order valence-corrected chi connectivity index (χ0v) is 14.2. The summed E-state index contributed by atoms with van der Waals surface area (Å²) >= 11 is 2.81. The van der Waals surface area contributed by atoms with Gasteiger partial charge in [0.05, 0.1) is 5.75 Å².